The third kappa shape index (κ3) is 5.23. The van der Waals surface area contributed by atoms with Crippen LogP contribution in [0.3, 0.4) is 0 Å². The van der Waals surface area contributed by atoms with Crippen LogP contribution in [0.4, 0.5) is 5.69 Å². The average Bonchev–Trinajstić information content (AvgIpc) is 2.67. The zero-order valence-electron chi connectivity index (χ0n) is 15.2. The highest BCUT2D eigenvalue weighted by Gasteiger charge is 2.22. The lowest BCUT2D eigenvalue weighted by Gasteiger charge is -2.33. The van der Waals surface area contributed by atoms with Gasteiger partial charge in [0.05, 0.1) is 26.2 Å². The molecule has 0 radical (unpaired) electrons. The van der Waals surface area contributed by atoms with Crippen LogP contribution in [0.15, 0.2) is 54.6 Å². The summed E-state index contributed by atoms with van der Waals surface area (Å²) in [6.07, 6.45) is 0. The van der Waals surface area contributed by atoms with Gasteiger partial charge in [-0.2, -0.15) is 0 Å². The number of halogens is 1. The van der Waals surface area contributed by atoms with Crippen LogP contribution in [0.25, 0.3) is 0 Å². The standard InChI is InChI=1S/C21H26ClN3O/c1-17(18-6-3-2-4-7-18)15-23-21(26)16-24-10-12-25(13-11-24)20-9-5-8-19(22)14-20/h2-9,14,17H,10-13,15-16H2,1H3,(H,23,26)/p+1/t17-/m0/s1. The molecule has 1 aliphatic rings. The summed E-state index contributed by atoms with van der Waals surface area (Å²) in [5, 5.41) is 3.86. The predicted octanol–water partition coefficient (Wildman–Crippen LogP) is 1.96. The molecule has 2 N–H and O–H groups in total. The molecule has 1 heterocycles. The van der Waals surface area contributed by atoms with Crippen molar-refractivity contribution in [1.82, 2.24) is 5.32 Å². The number of amides is 1. The number of hydrogen-bond acceptors (Lipinski definition) is 2. The van der Waals surface area contributed by atoms with Gasteiger partial charge in [0.15, 0.2) is 6.54 Å². The third-order valence-corrected chi connectivity index (χ3v) is 5.26. The molecule has 0 aromatic heterocycles. The van der Waals surface area contributed by atoms with E-state index in [1.807, 2.05) is 36.4 Å². The van der Waals surface area contributed by atoms with E-state index in [2.05, 4.69) is 35.3 Å². The topological polar surface area (TPSA) is 36.8 Å². The fourth-order valence-corrected chi connectivity index (χ4v) is 3.57. The van der Waals surface area contributed by atoms with Crippen molar-refractivity contribution in [2.75, 3.05) is 44.2 Å². The molecule has 0 saturated carbocycles. The van der Waals surface area contributed by atoms with E-state index in [4.69, 9.17) is 11.6 Å². The SMILES string of the molecule is C[C@@H](CNC(=O)C[NH+]1CCN(c2cccc(Cl)c2)CC1)c1ccccc1. The number of benzene rings is 2. The first-order chi connectivity index (χ1) is 12.6. The number of piperazine rings is 1. The summed E-state index contributed by atoms with van der Waals surface area (Å²) in [5.41, 5.74) is 2.42. The molecule has 2 aromatic carbocycles. The van der Waals surface area contributed by atoms with Crippen LogP contribution in [0.2, 0.25) is 5.02 Å². The van der Waals surface area contributed by atoms with E-state index in [0.717, 1.165) is 36.9 Å². The number of nitrogens with one attached hydrogen (secondary N) is 2. The molecule has 1 atom stereocenters. The van der Waals surface area contributed by atoms with Crippen LogP contribution in [0.5, 0.6) is 0 Å². The largest absolute Gasteiger partial charge is 0.360 e. The molecule has 1 saturated heterocycles. The number of rotatable bonds is 6. The quantitative estimate of drug-likeness (QED) is 0.813. The second-order valence-electron chi connectivity index (χ2n) is 7.01. The Kier molecular flexibility index (Phi) is 6.53. The fourth-order valence-electron chi connectivity index (χ4n) is 3.39. The van der Waals surface area contributed by atoms with Crippen molar-refractivity contribution in [1.29, 1.82) is 0 Å². The number of hydrogen-bond donors (Lipinski definition) is 2. The first-order valence-corrected chi connectivity index (χ1v) is 9.65. The summed E-state index contributed by atoms with van der Waals surface area (Å²) in [4.78, 5) is 16.0. The molecule has 3 rings (SSSR count). The monoisotopic (exact) mass is 372 g/mol. The van der Waals surface area contributed by atoms with Crippen LogP contribution in [-0.4, -0.2) is 45.2 Å². The van der Waals surface area contributed by atoms with Gasteiger partial charge in [-0.1, -0.05) is 54.9 Å². The lowest BCUT2D eigenvalue weighted by molar-refractivity contribution is -0.892. The van der Waals surface area contributed by atoms with Crippen molar-refractivity contribution in [2.45, 2.75) is 12.8 Å². The Morgan fingerprint density at radius 2 is 1.88 bits per heavy atom. The van der Waals surface area contributed by atoms with Gasteiger partial charge in [-0.3, -0.25) is 4.79 Å². The molecule has 26 heavy (non-hydrogen) atoms. The Labute approximate surface area is 160 Å². The molecular formula is C21H27ClN3O+. The van der Waals surface area contributed by atoms with Crippen LogP contribution in [0, 0.1) is 0 Å². The van der Waals surface area contributed by atoms with Crippen LogP contribution >= 0.6 is 11.6 Å². The minimum atomic E-state index is 0.138. The highest BCUT2D eigenvalue weighted by atomic mass is 35.5. The van der Waals surface area contributed by atoms with E-state index in [1.54, 1.807) is 0 Å². The lowest BCUT2D eigenvalue weighted by Crippen LogP contribution is -3.16. The van der Waals surface area contributed by atoms with E-state index in [1.165, 1.54) is 10.5 Å². The molecule has 0 unspecified atom stereocenters. The van der Waals surface area contributed by atoms with Crippen LogP contribution in [0.1, 0.15) is 18.4 Å². The van der Waals surface area contributed by atoms with Gasteiger partial charge in [0.2, 0.25) is 0 Å². The van der Waals surface area contributed by atoms with Gasteiger partial charge in [0.25, 0.3) is 5.91 Å². The van der Waals surface area contributed by atoms with Gasteiger partial charge >= 0.3 is 0 Å². The Morgan fingerprint density at radius 1 is 1.15 bits per heavy atom. The van der Waals surface area contributed by atoms with E-state index in [9.17, 15) is 4.79 Å². The molecule has 5 heteroatoms. The molecule has 0 aliphatic carbocycles. The highest BCUT2D eigenvalue weighted by molar-refractivity contribution is 6.30. The highest BCUT2D eigenvalue weighted by Crippen LogP contribution is 2.19. The Bertz CT molecular complexity index is 714. The van der Waals surface area contributed by atoms with Crippen LogP contribution < -0.4 is 15.1 Å². The van der Waals surface area contributed by atoms with Gasteiger partial charge in [-0.15, -0.1) is 0 Å². The van der Waals surface area contributed by atoms with Gasteiger partial charge in [-0.05, 0) is 29.7 Å². The number of anilines is 1. The number of nitrogens with zero attached hydrogens (tertiary/aromatic N) is 1. The first-order valence-electron chi connectivity index (χ1n) is 9.27. The molecule has 0 spiro atoms. The van der Waals surface area contributed by atoms with Crippen molar-refractivity contribution in [3.8, 4) is 0 Å². The van der Waals surface area contributed by atoms with Gasteiger partial charge < -0.3 is 15.1 Å². The second kappa shape index (κ2) is 9.06. The zero-order valence-corrected chi connectivity index (χ0v) is 16.0. The van der Waals surface area contributed by atoms with Gasteiger partial charge in [0, 0.05) is 17.3 Å². The maximum atomic E-state index is 12.3. The minimum Gasteiger partial charge on any atom is -0.360 e. The number of quaternary nitrogens is 1. The van der Waals surface area contributed by atoms with E-state index < -0.39 is 0 Å². The molecule has 2 aromatic rings. The van der Waals surface area contributed by atoms with E-state index in [0.29, 0.717) is 19.0 Å². The summed E-state index contributed by atoms with van der Waals surface area (Å²) in [6.45, 7) is 7.21. The summed E-state index contributed by atoms with van der Waals surface area (Å²) in [7, 11) is 0. The van der Waals surface area contributed by atoms with Crippen molar-refractivity contribution in [3.05, 3.63) is 65.2 Å². The van der Waals surface area contributed by atoms with E-state index in [-0.39, 0.29) is 5.91 Å². The van der Waals surface area contributed by atoms with Gasteiger partial charge in [-0.25, -0.2) is 0 Å². The fraction of sp³-hybridized carbons (Fsp3) is 0.381. The van der Waals surface area contributed by atoms with Crippen molar-refractivity contribution >= 4 is 23.2 Å². The zero-order chi connectivity index (χ0) is 18.4. The third-order valence-electron chi connectivity index (χ3n) is 5.03. The first kappa shape index (κ1) is 18.7. The normalized spacial score (nSPS) is 16.3. The average molecular weight is 373 g/mol. The Hall–Kier alpha value is -2.04. The van der Waals surface area contributed by atoms with E-state index >= 15 is 0 Å². The van der Waals surface area contributed by atoms with Crippen molar-refractivity contribution < 1.29 is 9.69 Å². The molecule has 1 fully saturated rings. The smallest absolute Gasteiger partial charge is 0.275 e. The molecular weight excluding hydrogens is 346 g/mol. The maximum absolute atomic E-state index is 12.3. The van der Waals surface area contributed by atoms with Gasteiger partial charge in [0.1, 0.15) is 0 Å². The summed E-state index contributed by atoms with van der Waals surface area (Å²) < 4.78 is 0. The Balaban J connectivity index is 1.41. The number of carbonyl (C=O) groups excluding carboxylic acids is 1. The van der Waals surface area contributed by atoms with Crippen molar-refractivity contribution in [3.63, 3.8) is 0 Å². The maximum Gasteiger partial charge on any atom is 0.275 e. The second-order valence-corrected chi connectivity index (χ2v) is 7.45. The number of carbonyl (C=O) groups is 1. The van der Waals surface area contributed by atoms with Crippen molar-refractivity contribution in [2.24, 2.45) is 0 Å². The minimum absolute atomic E-state index is 0.138. The molecule has 138 valence electrons. The molecule has 1 aliphatic heterocycles. The molecule has 0 bridgehead atoms. The van der Waals surface area contributed by atoms with Crippen LogP contribution in [-0.2, 0) is 4.79 Å². The molecule has 4 nitrogen and oxygen atoms in total. The molecule has 1 amide bonds. The Morgan fingerprint density at radius 3 is 2.58 bits per heavy atom. The summed E-state index contributed by atoms with van der Waals surface area (Å²) in [6, 6.07) is 18.3. The lowest BCUT2D eigenvalue weighted by atomic mass is 10.0. The predicted molar refractivity (Wildman–Crippen MR) is 107 cm³/mol. The summed E-state index contributed by atoms with van der Waals surface area (Å²) >= 11 is 6.08. The summed E-state index contributed by atoms with van der Waals surface area (Å²) in [5.74, 6) is 0.466.